The highest BCUT2D eigenvalue weighted by atomic mass is 16.5. The van der Waals surface area contributed by atoms with Gasteiger partial charge in [0.15, 0.2) is 5.78 Å². The van der Waals surface area contributed by atoms with E-state index in [9.17, 15) is 9.59 Å². The van der Waals surface area contributed by atoms with Gasteiger partial charge in [-0.1, -0.05) is 18.2 Å². The van der Waals surface area contributed by atoms with Crippen molar-refractivity contribution in [2.24, 2.45) is 0 Å². The first-order valence-electron chi connectivity index (χ1n) is 8.34. The van der Waals surface area contributed by atoms with Gasteiger partial charge in [-0.05, 0) is 35.6 Å². The van der Waals surface area contributed by atoms with Gasteiger partial charge >= 0.3 is 0 Å². The van der Waals surface area contributed by atoms with E-state index in [0.29, 0.717) is 26.1 Å². The molecule has 0 fully saturated rings. The van der Waals surface area contributed by atoms with Crippen LogP contribution in [0.4, 0.5) is 0 Å². The summed E-state index contributed by atoms with van der Waals surface area (Å²) in [6.45, 7) is 2.72. The molecule has 1 aromatic heterocycles. The van der Waals surface area contributed by atoms with Crippen molar-refractivity contribution in [3.05, 3.63) is 52.8 Å². The fraction of sp³-hybridized carbons (Fsp3) is 0.350. The van der Waals surface area contributed by atoms with Crippen molar-refractivity contribution in [2.75, 3.05) is 6.61 Å². The van der Waals surface area contributed by atoms with Crippen LogP contribution in [0.25, 0.3) is 11.1 Å². The summed E-state index contributed by atoms with van der Waals surface area (Å²) >= 11 is 0. The number of rotatable bonds is 3. The van der Waals surface area contributed by atoms with Crippen molar-refractivity contribution in [1.82, 2.24) is 4.98 Å². The third-order valence-electron chi connectivity index (χ3n) is 4.97. The topological polar surface area (TPSA) is 56.3 Å². The first-order valence-corrected chi connectivity index (χ1v) is 8.34. The number of nitrogens with zero attached hydrogens (tertiary/aromatic N) is 1. The van der Waals surface area contributed by atoms with Gasteiger partial charge in [0.1, 0.15) is 5.78 Å². The van der Waals surface area contributed by atoms with Gasteiger partial charge in [0.25, 0.3) is 0 Å². The summed E-state index contributed by atoms with van der Waals surface area (Å²) in [4.78, 5) is 27.8. The first-order chi connectivity index (χ1) is 11.6. The summed E-state index contributed by atoms with van der Waals surface area (Å²) in [6.07, 6.45) is 5.63. The Morgan fingerprint density at radius 1 is 1.25 bits per heavy atom. The number of carbonyl (C=O) groups is 2. The molecule has 1 aliphatic carbocycles. The Hall–Kier alpha value is -2.33. The number of ether oxygens (including phenoxy) is 1. The number of Topliss-reactive ketones (excluding diaryl/α,β-unsaturated/α-hetero) is 2. The average Bonchev–Trinajstić information content (AvgIpc) is 2.95. The number of fused-ring (bicyclic) bond motifs is 2. The van der Waals surface area contributed by atoms with Crippen LogP contribution in [0.15, 0.2) is 30.6 Å². The maximum atomic E-state index is 11.8. The second-order valence-corrected chi connectivity index (χ2v) is 6.67. The Morgan fingerprint density at radius 3 is 2.96 bits per heavy atom. The van der Waals surface area contributed by atoms with Gasteiger partial charge in [0.05, 0.1) is 13.2 Å². The van der Waals surface area contributed by atoms with Crippen LogP contribution in [-0.4, -0.2) is 23.2 Å². The molecule has 0 N–H and O–H groups in total. The van der Waals surface area contributed by atoms with Crippen LogP contribution < -0.4 is 0 Å². The summed E-state index contributed by atoms with van der Waals surface area (Å²) in [7, 11) is 0. The third kappa shape index (κ3) is 2.57. The largest absolute Gasteiger partial charge is 0.376 e. The average molecular weight is 321 g/mol. The summed E-state index contributed by atoms with van der Waals surface area (Å²) in [5.41, 5.74) is 6.31. The number of benzene rings is 1. The summed E-state index contributed by atoms with van der Waals surface area (Å²) in [6, 6.07) is 6.02. The molecule has 24 heavy (non-hydrogen) atoms. The maximum absolute atomic E-state index is 11.8. The van der Waals surface area contributed by atoms with E-state index >= 15 is 0 Å². The van der Waals surface area contributed by atoms with Gasteiger partial charge in [0, 0.05) is 42.3 Å². The van der Waals surface area contributed by atoms with Crippen LogP contribution in [0.5, 0.6) is 0 Å². The van der Waals surface area contributed by atoms with Crippen LogP contribution >= 0.6 is 0 Å². The molecule has 0 amide bonds. The molecule has 2 aliphatic rings. The van der Waals surface area contributed by atoms with E-state index in [0.717, 1.165) is 39.8 Å². The molecule has 4 nitrogen and oxygen atoms in total. The van der Waals surface area contributed by atoms with Crippen molar-refractivity contribution >= 4 is 11.6 Å². The highest BCUT2D eigenvalue weighted by Crippen LogP contribution is 2.36. The monoisotopic (exact) mass is 321 g/mol. The quantitative estimate of drug-likeness (QED) is 0.868. The van der Waals surface area contributed by atoms with Crippen LogP contribution in [0, 0.1) is 0 Å². The van der Waals surface area contributed by atoms with Gasteiger partial charge in [-0.25, -0.2) is 0 Å². The highest BCUT2D eigenvalue weighted by molar-refractivity contribution is 6.01. The molecule has 2 heterocycles. The molecule has 1 unspecified atom stereocenters. The van der Waals surface area contributed by atoms with E-state index in [1.54, 1.807) is 6.92 Å². The Morgan fingerprint density at radius 2 is 2.12 bits per heavy atom. The van der Waals surface area contributed by atoms with Crippen molar-refractivity contribution in [2.45, 2.75) is 38.7 Å². The molecule has 4 heteroatoms. The lowest BCUT2D eigenvalue weighted by molar-refractivity contribution is -0.117. The zero-order chi connectivity index (χ0) is 16.7. The van der Waals surface area contributed by atoms with Gasteiger partial charge in [0.2, 0.25) is 0 Å². The number of ketones is 2. The van der Waals surface area contributed by atoms with E-state index in [-0.39, 0.29) is 17.5 Å². The van der Waals surface area contributed by atoms with Crippen LogP contribution in [0.2, 0.25) is 0 Å². The minimum atomic E-state index is 0.0784. The lowest BCUT2D eigenvalue weighted by Gasteiger charge is -2.26. The van der Waals surface area contributed by atoms with Crippen LogP contribution in [0.3, 0.4) is 0 Å². The second kappa shape index (κ2) is 5.95. The number of aromatic nitrogens is 1. The molecule has 0 spiro atoms. The fourth-order valence-electron chi connectivity index (χ4n) is 3.80. The predicted molar refractivity (Wildman–Crippen MR) is 90.0 cm³/mol. The lowest BCUT2D eigenvalue weighted by atomic mass is 9.87. The van der Waals surface area contributed by atoms with Crippen LogP contribution in [-0.2, 0) is 22.6 Å². The van der Waals surface area contributed by atoms with Gasteiger partial charge in [-0.2, -0.15) is 0 Å². The number of hydrogen-bond acceptors (Lipinski definition) is 4. The molecule has 0 radical (unpaired) electrons. The molecule has 4 rings (SSSR count). The number of hydrogen-bond donors (Lipinski definition) is 0. The smallest absolute Gasteiger partial charge is 0.163 e. The lowest BCUT2D eigenvalue weighted by Crippen LogP contribution is -2.20. The molecule has 0 saturated heterocycles. The molecule has 1 aromatic carbocycles. The Labute approximate surface area is 140 Å². The number of pyridine rings is 1. The minimum Gasteiger partial charge on any atom is -0.376 e. The zero-order valence-electron chi connectivity index (χ0n) is 13.7. The normalized spacial score (nSPS) is 19.0. The Balaban J connectivity index is 1.77. The maximum Gasteiger partial charge on any atom is 0.163 e. The molecule has 0 bridgehead atoms. The molecule has 0 saturated carbocycles. The third-order valence-corrected chi connectivity index (χ3v) is 4.97. The molecular formula is C20H19NO3. The number of carbonyl (C=O) groups excluding carboxylic acids is 2. The van der Waals surface area contributed by atoms with Crippen molar-refractivity contribution in [3.63, 3.8) is 0 Å². The Bertz CT molecular complexity index is 841. The van der Waals surface area contributed by atoms with Gasteiger partial charge in [-0.15, -0.1) is 0 Å². The predicted octanol–water partition coefficient (Wildman–Crippen LogP) is 3.47. The summed E-state index contributed by atoms with van der Waals surface area (Å²) < 4.78 is 5.75. The summed E-state index contributed by atoms with van der Waals surface area (Å²) in [5.74, 6) is 0.474. The minimum absolute atomic E-state index is 0.0784. The number of aryl methyl sites for hydroxylation is 1. The molecule has 1 aliphatic heterocycles. The van der Waals surface area contributed by atoms with Gasteiger partial charge < -0.3 is 9.53 Å². The van der Waals surface area contributed by atoms with E-state index in [4.69, 9.17) is 4.74 Å². The van der Waals surface area contributed by atoms with Gasteiger partial charge in [-0.3, -0.25) is 9.78 Å². The highest BCUT2D eigenvalue weighted by Gasteiger charge is 2.26. The fourth-order valence-corrected chi connectivity index (χ4v) is 3.80. The molecular weight excluding hydrogens is 302 g/mol. The van der Waals surface area contributed by atoms with E-state index in [1.807, 2.05) is 24.5 Å². The second-order valence-electron chi connectivity index (χ2n) is 6.67. The van der Waals surface area contributed by atoms with Crippen molar-refractivity contribution < 1.29 is 14.3 Å². The van der Waals surface area contributed by atoms with Crippen molar-refractivity contribution in [1.29, 1.82) is 0 Å². The van der Waals surface area contributed by atoms with E-state index in [2.05, 4.69) is 11.1 Å². The Kier molecular flexibility index (Phi) is 3.77. The van der Waals surface area contributed by atoms with E-state index in [1.165, 1.54) is 0 Å². The summed E-state index contributed by atoms with van der Waals surface area (Å²) in [5, 5.41) is 0. The SMILES string of the molecule is CC(=O)CC1COCc2c(-c3ccc4c(c3)CCC4=O)cncc21. The van der Waals surface area contributed by atoms with Crippen molar-refractivity contribution in [3.8, 4) is 11.1 Å². The molecule has 122 valence electrons. The van der Waals surface area contributed by atoms with E-state index < -0.39 is 0 Å². The first kappa shape index (κ1) is 15.2. The zero-order valence-corrected chi connectivity index (χ0v) is 13.7. The molecule has 2 aromatic rings. The van der Waals surface area contributed by atoms with Crippen LogP contribution in [0.1, 0.15) is 52.7 Å². The molecule has 1 atom stereocenters. The standard InChI is InChI=1S/C20H19NO3/c1-12(22)6-15-10-24-11-19-17(8-21-9-18(15)19)14-2-4-16-13(7-14)3-5-20(16)23/h2,4,7-9,15H,3,5-6,10-11H2,1H3.